The van der Waals surface area contributed by atoms with Gasteiger partial charge in [-0.3, -0.25) is 10.1 Å². The monoisotopic (exact) mass is 241 g/mol. The number of hydrogen-bond donors (Lipinski definition) is 2. The summed E-state index contributed by atoms with van der Waals surface area (Å²) in [5.74, 6) is -0.832. The van der Waals surface area contributed by atoms with Crippen molar-refractivity contribution in [3.63, 3.8) is 0 Å². The first-order chi connectivity index (χ1) is 7.56. The minimum atomic E-state index is -0.832. The molecule has 1 rings (SSSR count). The smallest absolute Gasteiger partial charge is 0.320 e. The van der Waals surface area contributed by atoms with Crippen LogP contribution in [0.3, 0.4) is 0 Å². The molecule has 3 nitrogen and oxygen atoms in total. The Morgan fingerprint density at radius 3 is 2.62 bits per heavy atom. The van der Waals surface area contributed by atoms with E-state index in [1.807, 2.05) is 32.0 Å². The molecule has 1 aromatic rings. The maximum Gasteiger partial charge on any atom is 0.320 e. The zero-order valence-electron chi connectivity index (χ0n) is 9.40. The van der Waals surface area contributed by atoms with E-state index in [0.717, 1.165) is 5.56 Å². The second-order valence-electron chi connectivity index (χ2n) is 3.71. The summed E-state index contributed by atoms with van der Waals surface area (Å²) >= 11 is 6.04. The van der Waals surface area contributed by atoms with Gasteiger partial charge in [-0.1, -0.05) is 36.7 Å². The fourth-order valence-electron chi connectivity index (χ4n) is 1.58. The molecule has 0 saturated heterocycles. The maximum atomic E-state index is 10.9. The SMILES string of the molecule is CCC(N[C@H](C)c1ccccc1Cl)C(=O)O. The Bertz CT molecular complexity index is 368. The van der Waals surface area contributed by atoms with Crippen LogP contribution in [0.4, 0.5) is 0 Å². The molecule has 0 heterocycles. The van der Waals surface area contributed by atoms with Crippen LogP contribution in [0.5, 0.6) is 0 Å². The van der Waals surface area contributed by atoms with E-state index >= 15 is 0 Å². The normalized spacial score (nSPS) is 14.4. The first-order valence-corrected chi connectivity index (χ1v) is 5.67. The van der Waals surface area contributed by atoms with Crippen molar-refractivity contribution >= 4 is 17.6 Å². The lowest BCUT2D eigenvalue weighted by Gasteiger charge is -2.20. The van der Waals surface area contributed by atoms with E-state index in [9.17, 15) is 4.79 Å². The molecule has 16 heavy (non-hydrogen) atoms. The molecule has 0 aromatic heterocycles. The van der Waals surface area contributed by atoms with Gasteiger partial charge in [0.1, 0.15) is 6.04 Å². The zero-order valence-corrected chi connectivity index (χ0v) is 10.2. The number of halogens is 1. The van der Waals surface area contributed by atoms with E-state index < -0.39 is 12.0 Å². The number of aliphatic carboxylic acids is 1. The highest BCUT2D eigenvalue weighted by atomic mass is 35.5. The molecule has 4 heteroatoms. The number of carboxylic acids is 1. The van der Waals surface area contributed by atoms with Crippen LogP contribution in [0.15, 0.2) is 24.3 Å². The van der Waals surface area contributed by atoms with E-state index in [1.54, 1.807) is 6.07 Å². The van der Waals surface area contributed by atoms with Crippen LogP contribution in [-0.4, -0.2) is 17.1 Å². The van der Waals surface area contributed by atoms with E-state index in [-0.39, 0.29) is 6.04 Å². The fourth-order valence-corrected chi connectivity index (χ4v) is 1.88. The van der Waals surface area contributed by atoms with Crippen molar-refractivity contribution in [2.45, 2.75) is 32.4 Å². The molecule has 0 aliphatic carbocycles. The summed E-state index contributed by atoms with van der Waals surface area (Å²) in [6.45, 7) is 3.75. The highest BCUT2D eigenvalue weighted by Crippen LogP contribution is 2.22. The van der Waals surface area contributed by atoms with Crippen molar-refractivity contribution in [1.29, 1.82) is 0 Å². The van der Waals surface area contributed by atoms with E-state index in [4.69, 9.17) is 16.7 Å². The van der Waals surface area contributed by atoms with Gasteiger partial charge in [-0.05, 0) is 25.0 Å². The second-order valence-corrected chi connectivity index (χ2v) is 4.12. The molecule has 0 saturated carbocycles. The second kappa shape index (κ2) is 5.87. The predicted molar refractivity (Wildman–Crippen MR) is 64.7 cm³/mol. The van der Waals surface area contributed by atoms with E-state index in [2.05, 4.69) is 5.32 Å². The molecule has 0 aliphatic rings. The van der Waals surface area contributed by atoms with Crippen molar-refractivity contribution in [3.05, 3.63) is 34.9 Å². The average molecular weight is 242 g/mol. The van der Waals surface area contributed by atoms with Crippen molar-refractivity contribution in [3.8, 4) is 0 Å². The van der Waals surface area contributed by atoms with Crippen molar-refractivity contribution in [2.24, 2.45) is 0 Å². The van der Waals surface area contributed by atoms with Crippen LogP contribution in [-0.2, 0) is 4.79 Å². The number of nitrogens with one attached hydrogen (secondary N) is 1. The summed E-state index contributed by atoms with van der Waals surface area (Å²) in [4.78, 5) is 10.9. The Morgan fingerprint density at radius 2 is 2.12 bits per heavy atom. The molecule has 2 N–H and O–H groups in total. The van der Waals surface area contributed by atoms with Crippen LogP contribution >= 0.6 is 11.6 Å². The number of carboxylic acid groups (broad SMARTS) is 1. The third kappa shape index (κ3) is 3.22. The van der Waals surface area contributed by atoms with Gasteiger partial charge in [0.15, 0.2) is 0 Å². The number of benzene rings is 1. The van der Waals surface area contributed by atoms with Gasteiger partial charge < -0.3 is 5.11 Å². The molecule has 0 spiro atoms. The third-order valence-electron chi connectivity index (χ3n) is 2.53. The van der Waals surface area contributed by atoms with Crippen molar-refractivity contribution in [2.75, 3.05) is 0 Å². The van der Waals surface area contributed by atoms with Gasteiger partial charge in [0.05, 0.1) is 0 Å². The third-order valence-corrected chi connectivity index (χ3v) is 2.87. The number of carbonyl (C=O) groups is 1. The minimum Gasteiger partial charge on any atom is -0.480 e. The summed E-state index contributed by atoms with van der Waals surface area (Å²) in [5.41, 5.74) is 0.920. The summed E-state index contributed by atoms with van der Waals surface area (Å²) in [7, 11) is 0. The minimum absolute atomic E-state index is 0.0743. The molecule has 88 valence electrons. The first kappa shape index (κ1) is 13.0. The topological polar surface area (TPSA) is 49.3 Å². The van der Waals surface area contributed by atoms with Crippen LogP contribution in [0.25, 0.3) is 0 Å². The summed E-state index contributed by atoms with van der Waals surface area (Å²) < 4.78 is 0. The Balaban J connectivity index is 2.75. The van der Waals surface area contributed by atoms with Gasteiger partial charge in [0.25, 0.3) is 0 Å². The van der Waals surface area contributed by atoms with Gasteiger partial charge in [-0.25, -0.2) is 0 Å². The molecule has 0 radical (unpaired) electrons. The molecule has 2 atom stereocenters. The number of hydrogen-bond acceptors (Lipinski definition) is 2. The van der Waals surface area contributed by atoms with Gasteiger partial charge >= 0.3 is 5.97 Å². The summed E-state index contributed by atoms with van der Waals surface area (Å²) in [6, 6.07) is 6.83. The molecule has 0 aliphatic heterocycles. The predicted octanol–water partition coefficient (Wildman–Crippen LogP) is 2.85. The quantitative estimate of drug-likeness (QED) is 0.834. The average Bonchev–Trinajstić information content (AvgIpc) is 2.25. The largest absolute Gasteiger partial charge is 0.480 e. The lowest BCUT2D eigenvalue weighted by Crippen LogP contribution is -2.37. The van der Waals surface area contributed by atoms with Crippen LogP contribution < -0.4 is 5.32 Å². The standard InChI is InChI=1S/C12H16ClNO2/c1-3-11(12(15)16)14-8(2)9-6-4-5-7-10(9)13/h4-8,11,14H,3H2,1-2H3,(H,15,16)/t8-,11?/m1/s1. The molecule has 1 aromatic carbocycles. The maximum absolute atomic E-state index is 10.9. The Hall–Kier alpha value is -1.06. The van der Waals surface area contributed by atoms with Gasteiger partial charge in [0, 0.05) is 11.1 Å². The number of rotatable bonds is 5. The lowest BCUT2D eigenvalue weighted by molar-refractivity contribution is -0.139. The Morgan fingerprint density at radius 1 is 1.50 bits per heavy atom. The van der Waals surface area contributed by atoms with E-state index in [0.29, 0.717) is 11.4 Å². The first-order valence-electron chi connectivity index (χ1n) is 5.29. The van der Waals surface area contributed by atoms with E-state index in [1.165, 1.54) is 0 Å². The summed E-state index contributed by atoms with van der Waals surface area (Å²) in [6.07, 6.45) is 0.546. The van der Waals surface area contributed by atoms with Crippen LogP contribution in [0.2, 0.25) is 5.02 Å². The molecule has 0 fully saturated rings. The molecule has 0 bridgehead atoms. The van der Waals surface area contributed by atoms with Crippen LogP contribution in [0.1, 0.15) is 31.9 Å². The van der Waals surface area contributed by atoms with Crippen molar-refractivity contribution in [1.82, 2.24) is 5.32 Å². The van der Waals surface area contributed by atoms with Gasteiger partial charge in [0.2, 0.25) is 0 Å². The molecule has 0 amide bonds. The Kier molecular flexibility index (Phi) is 4.77. The molecule has 1 unspecified atom stereocenters. The van der Waals surface area contributed by atoms with Gasteiger partial charge in [-0.15, -0.1) is 0 Å². The van der Waals surface area contributed by atoms with Crippen LogP contribution in [0, 0.1) is 0 Å². The van der Waals surface area contributed by atoms with Crippen molar-refractivity contribution < 1.29 is 9.90 Å². The highest BCUT2D eigenvalue weighted by Gasteiger charge is 2.18. The zero-order chi connectivity index (χ0) is 12.1. The van der Waals surface area contributed by atoms with Gasteiger partial charge in [-0.2, -0.15) is 0 Å². The fraction of sp³-hybridized carbons (Fsp3) is 0.417. The molecular weight excluding hydrogens is 226 g/mol. The highest BCUT2D eigenvalue weighted by molar-refractivity contribution is 6.31. The lowest BCUT2D eigenvalue weighted by atomic mass is 10.1. The Labute approximate surface area is 100 Å². The molecular formula is C12H16ClNO2. The summed E-state index contributed by atoms with van der Waals surface area (Å²) in [5, 5.41) is 12.6.